The lowest BCUT2D eigenvalue weighted by Crippen LogP contribution is -2.05. The minimum absolute atomic E-state index is 0.424. The predicted molar refractivity (Wildman–Crippen MR) is 105 cm³/mol. The van der Waals surface area contributed by atoms with Crippen molar-refractivity contribution in [3.63, 3.8) is 0 Å². The van der Waals surface area contributed by atoms with Gasteiger partial charge in [0.25, 0.3) is 0 Å². The highest BCUT2D eigenvalue weighted by Crippen LogP contribution is 2.27. The van der Waals surface area contributed by atoms with Crippen LogP contribution in [-0.4, -0.2) is 26.7 Å². The van der Waals surface area contributed by atoms with Crippen molar-refractivity contribution in [1.29, 1.82) is 0 Å². The Bertz CT molecular complexity index is 995. The van der Waals surface area contributed by atoms with Crippen LogP contribution in [0.4, 0.5) is 11.6 Å². The van der Waals surface area contributed by atoms with Crippen molar-refractivity contribution in [2.24, 2.45) is 0 Å². The molecule has 2 heterocycles. The molecule has 0 aliphatic carbocycles. The molecular formula is C20H20N6. The maximum atomic E-state index is 6.18. The fourth-order valence-corrected chi connectivity index (χ4v) is 2.95. The topological polar surface area (TPSA) is 92.5 Å². The van der Waals surface area contributed by atoms with E-state index in [1.807, 2.05) is 36.4 Å². The Hall–Kier alpha value is -3.41. The van der Waals surface area contributed by atoms with Gasteiger partial charge in [-0.05, 0) is 18.4 Å². The standard InChI is InChI=1S/C20H20N6/c21-17-16-19(22-13-7-10-14-8-3-1-4-9-14)25-26-20(16)24-18(23-17)15-11-5-2-6-12-15/h1-6,8-9,11-12H,7,10,13H2,(H4,21,22,23,24,25,26). The molecule has 0 aliphatic rings. The van der Waals surface area contributed by atoms with E-state index < -0.39 is 0 Å². The van der Waals surface area contributed by atoms with Gasteiger partial charge in [-0.3, -0.25) is 5.10 Å². The average Bonchev–Trinajstić information content (AvgIpc) is 3.10. The number of nitrogens with zero attached hydrogens (tertiary/aromatic N) is 3. The van der Waals surface area contributed by atoms with E-state index >= 15 is 0 Å². The Labute approximate surface area is 151 Å². The maximum Gasteiger partial charge on any atom is 0.163 e. The van der Waals surface area contributed by atoms with Crippen molar-refractivity contribution in [3.8, 4) is 11.4 Å². The zero-order chi connectivity index (χ0) is 17.8. The molecule has 0 saturated heterocycles. The van der Waals surface area contributed by atoms with Gasteiger partial charge in [-0.25, -0.2) is 9.97 Å². The third-order valence-electron chi connectivity index (χ3n) is 4.26. The van der Waals surface area contributed by atoms with Gasteiger partial charge in [0.05, 0.1) is 0 Å². The second kappa shape index (κ2) is 7.23. The minimum atomic E-state index is 0.424. The molecule has 2 aromatic carbocycles. The van der Waals surface area contributed by atoms with Crippen molar-refractivity contribution in [3.05, 3.63) is 66.2 Å². The molecule has 6 heteroatoms. The summed E-state index contributed by atoms with van der Waals surface area (Å²) in [7, 11) is 0. The molecule has 26 heavy (non-hydrogen) atoms. The largest absolute Gasteiger partial charge is 0.383 e. The molecule has 0 amide bonds. The fourth-order valence-electron chi connectivity index (χ4n) is 2.95. The molecular weight excluding hydrogens is 324 g/mol. The molecule has 0 unspecified atom stereocenters. The average molecular weight is 344 g/mol. The van der Waals surface area contributed by atoms with Gasteiger partial charge in [0.2, 0.25) is 0 Å². The minimum Gasteiger partial charge on any atom is -0.383 e. The Morgan fingerprint density at radius 2 is 1.65 bits per heavy atom. The first-order valence-electron chi connectivity index (χ1n) is 8.66. The number of aryl methyl sites for hydroxylation is 1. The smallest absolute Gasteiger partial charge is 0.163 e. The molecule has 2 aromatic heterocycles. The number of hydrogen-bond acceptors (Lipinski definition) is 5. The van der Waals surface area contributed by atoms with E-state index in [-0.39, 0.29) is 0 Å². The summed E-state index contributed by atoms with van der Waals surface area (Å²) in [6.07, 6.45) is 2.02. The number of nitrogens with one attached hydrogen (secondary N) is 2. The normalized spacial score (nSPS) is 10.9. The van der Waals surface area contributed by atoms with Crippen LogP contribution in [0.1, 0.15) is 12.0 Å². The summed E-state index contributed by atoms with van der Waals surface area (Å²) in [4.78, 5) is 9.00. The van der Waals surface area contributed by atoms with E-state index in [2.05, 4.69) is 49.7 Å². The number of aromatic amines is 1. The van der Waals surface area contributed by atoms with E-state index in [4.69, 9.17) is 5.73 Å². The first-order chi connectivity index (χ1) is 12.8. The summed E-state index contributed by atoms with van der Waals surface area (Å²) >= 11 is 0. The van der Waals surface area contributed by atoms with Gasteiger partial charge in [0.1, 0.15) is 11.2 Å². The number of benzene rings is 2. The van der Waals surface area contributed by atoms with Crippen LogP contribution in [0.15, 0.2) is 60.7 Å². The quantitative estimate of drug-likeness (QED) is 0.464. The first-order valence-corrected chi connectivity index (χ1v) is 8.66. The fraction of sp³-hybridized carbons (Fsp3) is 0.150. The molecule has 0 spiro atoms. The zero-order valence-corrected chi connectivity index (χ0v) is 14.3. The van der Waals surface area contributed by atoms with Crippen LogP contribution in [0.2, 0.25) is 0 Å². The summed E-state index contributed by atoms with van der Waals surface area (Å²) in [5.74, 6) is 1.72. The van der Waals surface area contributed by atoms with Crippen LogP contribution in [0.25, 0.3) is 22.4 Å². The van der Waals surface area contributed by atoms with Crippen molar-refractivity contribution >= 4 is 22.7 Å². The Balaban J connectivity index is 1.48. The first kappa shape index (κ1) is 16.1. The summed E-state index contributed by atoms with van der Waals surface area (Å²) in [6, 6.07) is 20.2. The molecule has 0 atom stereocenters. The molecule has 0 radical (unpaired) electrons. The number of H-pyrrole nitrogens is 1. The highest BCUT2D eigenvalue weighted by Gasteiger charge is 2.13. The van der Waals surface area contributed by atoms with E-state index in [1.54, 1.807) is 0 Å². The Morgan fingerprint density at radius 1 is 0.923 bits per heavy atom. The van der Waals surface area contributed by atoms with Crippen LogP contribution in [-0.2, 0) is 6.42 Å². The molecule has 0 bridgehead atoms. The number of hydrogen-bond donors (Lipinski definition) is 3. The second-order valence-electron chi connectivity index (χ2n) is 6.11. The number of nitrogens with two attached hydrogens (primary N) is 1. The highest BCUT2D eigenvalue weighted by molar-refractivity contribution is 5.96. The van der Waals surface area contributed by atoms with E-state index in [9.17, 15) is 0 Å². The van der Waals surface area contributed by atoms with Gasteiger partial charge in [-0.15, -0.1) is 0 Å². The number of fused-ring (bicyclic) bond motifs is 1. The summed E-state index contributed by atoms with van der Waals surface area (Å²) in [6.45, 7) is 0.800. The van der Waals surface area contributed by atoms with Gasteiger partial charge >= 0.3 is 0 Å². The van der Waals surface area contributed by atoms with Gasteiger partial charge in [0, 0.05) is 12.1 Å². The van der Waals surface area contributed by atoms with Gasteiger partial charge in [-0.2, -0.15) is 5.10 Å². The van der Waals surface area contributed by atoms with E-state index in [0.717, 1.165) is 30.3 Å². The zero-order valence-electron chi connectivity index (χ0n) is 14.3. The SMILES string of the molecule is Nc1nc(-c2ccccc2)nc2[nH]nc(NCCCc3ccccc3)c12. The lowest BCUT2D eigenvalue weighted by Gasteiger charge is -2.06. The van der Waals surface area contributed by atoms with E-state index in [0.29, 0.717) is 23.1 Å². The second-order valence-corrected chi connectivity index (χ2v) is 6.11. The predicted octanol–water partition coefficient (Wildman–Crippen LogP) is 3.65. The summed E-state index contributed by atoms with van der Waals surface area (Å²) in [5, 5.41) is 11.3. The lowest BCUT2D eigenvalue weighted by molar-refractivity contribution is 0.858. The number of anilines is 2. The number of nitrogen functional groups attached to an aromatic ring is 1. The van der Waals surface area contributed by atoms with Crippen LogP contribution in [0.5, 0.6) is 0 Å². The number of aromatic nitrogens is 4. The molecule has 6 nitrogen and oxygen atoms in total. The van der Waals surface area contributed by atoms with Crippen LogP contribution >= 0.6 is 0 Å². The summed E-state index contributed by atoms with van der Waals surface area (Å²) < 4.78 is 0. The van der Waals surface area contributed by atoms with Gasteiger partial charge < -0.3 is 11.1 Å². The summed E-state index contributed by atoms with van der Waals surface area (Å²) in [5.41, 5.74) is 9.08. The lowest BCUT2D eigenvalue weighted by atomic mass is 10.1. The van der Waals surface area contributed by atoms with Crippen molar-refractivity contribution in [2.45, 2.75) is 12.8 Å². The van der Waals surface area contributed by atoms with Crippen LogP contribution < -0.4 is 11.1 Å². The van der Waals surface area contributed by atoms with Crippen LogP contribution in [0.3, 0.4) is 0 Å². The Kier molecular flexibility index (Phi) is 4.47. The molecule has 0 fully saturated rings. The Morgan fingerprint density at radius 3 is 2.42 bits per heavy atom. The van der Waals surface area contributed by atoms with Crippen molar-refractivity contribution in [1.82, 2.24) is 20.2 Å². The van der Waals surface area contributed by atoms with Gasteiger partial charge in [-0.1, -0.05) is 60.7 Å². The molecule has 4 rings (SSSR count). The van der Waals surface area contributed by atoms with Crippen molar-refractivity contribution in [2.75, 3.05) is 17.6 Å². The molecule has 4 N–H and O–H groups in total. The maximum absolute atomic E-state index is 6.18. The van der Waals surface area contributed by atoms with Gasteiger partial charge in [0.15, 0.2) is 17.3 Å². The molecule has 4 aromatic rings. The molecule has 0 aliphatic heterocycles. The third-order valence-corrected chi connectivity index (χ3v) is 4.26. The highest BCUT2D eigenvalue weighted by atomic mass is 15.2. The monoisotopic (exact) mass is 344 g/mol. The molecule has 0 saturated carbocycles. The molecule has 130 valence electrons. The van der Waals surface area contributed by atoms with Crippen molar-refractivity contribution < 1.29 is 0 Å². The third kappa shape index (κ3) is 3.35. The number of rotatable bonds is 6. The van der Waals surface area contributed by atoms with Crippen LogP contribution in [0, 0.1) is 0 Å². The van der Waals surface area contributed by atoms with E-state index in [1.165, 1.54) is 5.56 Å².